The van der Waals surface area contributed by atoms with E-state index in [1.807, 2.05) is 5.32 Å². The van der Waals surface area contributed by atoms with Gasteiger partial charge >= 0.3 is 12.0 Å². The molecule has 0 radical (unpaired) electrons. The van der Waals surface area contributed by atoms with Gasteiger partial charge in [-0.25, -0.2) is 14.6 Å². The van der Waals surface area contributed by atoms with Gasteiger partial charge in [0.1, 0.15) is 0 Å². The molecule has 8 heteroatoms. The van der Waals surface area contributed by atoms with E-state index >= 15 is 0 Å². The Morgan fingerprint density at radius 2 is 2.18 bits per heavy atom. The molecule has 0 atom stereocenters. The smallest absolute Gasteiger partial charge is 0.338 e. The standard InChI is InChI=1S/C14H13N3O4S/c1-2-5-15-14(20)17-12(18)7-21-13(19)9-3-4-10-11(6-9)22-8-16-10/h2-4,6,8H,1,5,7H2,(H2,15,17,18,20). The minimum atomic E-state index is -0.714. The largest absolute Gasteiger partial charge is 0.452 e. The van der Waals surface area contributed by atoms with Crippen molar-refractivity contribution in [2.75, 3.05) is 13.2 Å². The monoisotopic (exact) mass is 319 g/mol. The summed E-state index contributed by atoms with van der Waals surface area (Å²) in [5.41, 5.74) is 2.79. The maximum atomic E-state index is 11.8. The van der Waals surface area contributed by atoms with E-state index in [-0.39, 0.29) is 6.54 Å². The van der Waals surface area contributed by atoms with Crippen molar-refractivity contribution in [2.45, 2.75) is 0 Å². The van der Waals surface area contributed by atoms with Crippen molar-refractivity contribution in [3.8, 4) is 0 Å². The van der Waals surface area contributed by atoms with Gasteiger partial charge in [0.15, 0.2) is 6.61 Å². The zero-order chi connectivity index (χ0) is 15.9. The maximum Gasteiger partial charge on any atom is 0.338 e. The molecule has 0 aliphatic carbocycles. The van der Waals surface area contributed by atoms with Gasteiger partial charge in [-0.15, -0.1) is 17.9 Å². The van der Waals surface area contributed by atoms with Gasteiger partial charge in [0, 0.05) is 6.54 Å². The zero-order valence-corrected chi connectivity index (χ0v) is 12.3. The first-order valence-corrected chi connectivity index (χ1v) is 7.17. The van der Waals surface area contributed by atoms with Crippen LogP contribution in [0.5, 0.6) is 0 Å². The lowest BCUT2D eigenvalue weighted by atomic mass is 10.2. The van der Waals surface area contributed by atoms with Gasteiger partial charge in [0.2, 0.25) is 0 Å². The molecule has 0 fully saturated rings. The van der Waals surface area contributed by atoms with Gasteiger partial charge in [-0.2, -0.15) is 0 Å². The molecule has 0 bridgehead atoms. The van der Waals surface area contributed by atoms with Gasteiger partial charge in [-0.1, -0.05) is 6.08 Å². The number of esters is 1. The number of nitrogens with zero attached hydrogens (tertiary/aromatic N) is 1. The molecule has 2 N–H and O–H groups in total. The summed E-state index contributed by atoms with van der Waals surface area (Å²) in [4.78, 5) is 38.6. The lowest BCUT2D eigenvalue weighted by molar-refractivity contribution is -0.123. The predicted octanol–water partition coefficient (Wildman–Crippen LogP) is 1.46. The molecule has 0 saturated carbocycles. The van der Waals surface area contributed by atoms with Gasteiger partial charge in [-0.3, -0.25) is 10.1 Å². The van der Waals surface area contributed by atoms with Crippen molar-refractivity contribution in [1.29, 1.82) is 0 Å². The molecule has 114 valence electrons. The van der Waals surface area contributed by atoms with E-state index in [1.165, 1.54) is 17.4 Å². The second kappa shape index (κ2) is 7.32. The highest BCUT2D eigenvalue weighted by atomic mass is 32.1. The number of hydrogen-bond donors (Lipinski definition) is 2. The van der Waals surface area contributed by atoms with Crippen molar-refractivity contribution in [3.63, 3.8) is 0 Å². The number of fused-ring (bicyclic) bond motifs is 1. The quantitative estimate of drug-likeness (QED) is 0.642. The normalized spacial score (nSPS) is 10.0. The van der Waals surface area contributed by atoms with E-state index in [0.29, 0.717) is 5.56 Å². The number of imide groups is 1. The average molecular weight is 319 g/mol. The number of ether oxygens (including phenoxy) is 1. The van der Waals surface area contributed by atoms with E-state index in [2.05, 4.69) is 16.9 Å². The van der Waals surface area contributed by atoms with Gasteiger partial charge < -0.3 is 10.1 Å². The second-order valence-electron chi connectivity index (χ2n) is 4.16. The van der Waals surface area contributed by atoms with Crippen molar-refractivity contribution in [3.05, 3.63) is 41.9 Å². The number of aromatic nitrogens is 1. The number of benzene rings is 1. The molecule has 3 amide bonds. The first-order chi connectivity index (χ1) is 10.6. The number of carbonyl (C=O) groups excluding carboxylic acids is 3. The third-order valence-electron chi connectivity index (χ3n) is 2.56. The van der Waals surface area contributed by atoms with Crippen LogP contribution in [0.25, 0.3) is 10.2 Å². The minimum absolute atomic E-state index is 0.230. The third kappa shape index (κ3) is 4.13. The fourth-order valence-corrected chi connectivity index (χ4v) is 2.28. The number of thiazole rings is 1. The Morgan fingerprint density at radius 1 is 1.36 bits per heavy atom. The average Bonchev–Trinajstić information content (AvgIpc) is 2.98. The first kappa shape index (κ1) is 15.6. The number of nitrogens with one attached hydrogen (secondary N) is 2. The van der Waals surface area contributed by atoms with Crippen molar-refractivity contribution >= 4 is 39.5 Å². The molecular weight excluding hydrogens is 306 g/mol. The zero-order valence-electron chi connectivity index (χ0n) is 11.5. The minimum Gasteiger partial charge on any atom is -0.452 e. The number of amides is 3. The Kier molecular flexibility index (Phi) is 5.21. The molecule has 0 unspecified atom stereocenters. The van der Waals surface area contributed by atoms with E-state index in [4.69, 9.17) is 4.74 Å². The lowest BCUT2D eigenvalue weighted by Gasteiger charge is -2.06. The fourth-order valence-electron chi connectivity index (χ4n) is 1.57. The van der Waals surface area contributed by atoms with Crippen LogP contribution < -0.4 is 10.6 Å². The molecule has 0 spiro atoms. The number of hydrogen-bond acceptors (Lipinski definition) is 6. The van der Waals surface area contributed by atoms with Crippen LogP contribution in [-0.4, -0.2) is 36.0 Å². The van der Waals surface area contributed by atoms with Crippen LogP contribution in [-0.2, 0) is 9.53 Å². The first-order valence-electron chi connectivity index (χ1n) is 6.29. The van der Waals surface area contributed by atoms with E-state index in [1.54, 1.807) is 23.7 Å². The summed E-state index contributed by atoms with van der Waals surface area (Å²) in [7, 11) is 0. The Morgan fingerprint density at radius 3 is 2.95 bits per heavy atom. The van der Waals surface area contributed by atoms with Gasteiger partial charge in [0.05, 0.1) is 21.3 Å². The molecule has 1 heterocycles. The molecular formula is C14H13N3O4S. The molecule has 1 aromatic heterocycles. The predicted molar refractivity (Wildman–Crippen MR) is 81.6 cm³/mol. The second-order valence-corrected chi connectivity index (χ2v) is 5.04. The maximum absolute atomic E-state index is 11.8. The number of urea groups is 1. The van der Waals surface area contributed by atoms with Gasteiger partial charge in [0.25, 0.3) is 5.91 Å². The molecule has 22 heavy (non-hydrogen) atoms. The fraction of sp³-hybridized carbons (Fsp3) is 0.143. The number of carbonyl (C=O) groups is 3. The Hall–Kier alpha value is -2.74. The van der Waals surface area contributed by atoms with Crippen molar-refractivity contribution in [1.82, 2.24) is 15.6 Å². The summed E-state index contributed by atoms with van der Waals surface area (Å²) in [5.74, 6) is -1.36. The van der Waals surface area contributed by atoms with Crippen LogP contribution in [0.15, 0.2) is 36.4 Å². The SMILES string of the molecule is C=CCNC(=O)NC(=O)COC(=O)c1ccc2ncsc2c1. The third-order valence-corrected chi connectivity index (χ3v) is 3.35. The summed E-state index contributed by atoms with van der Waals surface area (Å²) in [5, 5.41) is 4.39. The number of rotatable bonds is 5. The molecule has 0 saturated heterocycles. The van der Waals surface area contributed by atoms with Crippen molar-refractivity contribution < 1.29 is 19.1 Å². The van der Waals surface area contributed by atoms with Crippen LogP contribution in [0.4, 0.5) is 4.79 Å². The Balaban J connectivity index is 1.85. The summed E-state index contributed by atoms with van der Waals surface area (Å²) in [6.07, 6.45) is 1.47. The summed E-state index contributed by atoms with van der Waals surface area (Å²) in [6.45, 7) is 3.11. The summed E-state index contributed by atoms with van der Waals surface area (Å²) >= 11 is 1.40. The van der Waals surface area contributed by atoms with Crippen molar-refractivity contribution in [2.24, 2.45) is 0 Å². The molecule has 7 nitrogen and oxygen atoms in total. The lowest BCUT2D eigenvalue weighted by Crippen LogP contribution is -2.41. The van der Waals surface area contributed by atoms with Crippen LogP contribution in [0.1, 0.15) is 10.4 Å². The summed E-state index contributed by atoms with van der Waals surface area (Å²) < 4.78 is 5.70. The van der Waals surface area contributed by atoms with E-state index in [0.717, 1.165) is 10.2 Å². The van der Waals surface area contributed by atoms with Crippen LogP contribution >= 0.6 is 11.3 Å². The molecule has 1 aromatic carbocycles. The molecule has 0 aliphatic rings. The topological polar surface area (TPSA) is 97.4 Å². The van der Waals surface area contributed by atoms with E-state index < -0.39 is 24.5 Å². The Bertz CT molecular complexity index is 726. The summed E-state index contributed by atoms with van der Waals surface area (Å²) in [6, 6.07) is 4.24. The van der Waals surface area contributed by atoms with Crippen LogP contribution in [0.2, 0.25) is 0 Å². The van der Waals surface area contributed by atoms with Crippen LogP contribution in [0.3, 0.4) is 0 Å². The highest BCUT2D eigenvalue weighted by Crippen LogP contribution is 2.19. The molecule has 2 rings (SSSR count). The highest BCUT2D eigenvalue weighted by Gasteiger charge is 2.13. The molecule has 2 aromatic rings. The highest BCUT2D eigenvalue weighted by molar-refractivity contribution is 7.16. The van der Waals surface area contributed by atoms with E-state index in [9.17, 15) is 14.4 Å². The Labute approximate surface area is 130 Å². The molecule has 0 aliphatic heterocycles. The van der Waals surface area contributed by atoms with Crippen LogP contribution in [0, 0.1) is 0 Å². The van der Waals surface area contributed by atoms with Gasteiger partial charge in [-0.05, 0) is 18.2 Å².